The Morgan fingerprint density at radius 2 is 1.43 bits per heavy atom. The fourth-order valence-corrected chi connectivity index (χ4v) is 4.06. The Hall–Kier alpha value is -3.85. The van der Waals surface area contributed by atoms with Gasteiger partial charge in [0.1, 0.15) is 0 Å². The highest BCUT2D eigenvalue weighted by molar-refractivity contribution is 6.32. The molecule has 2 aromatic carbocycles. The number of hydrogen-bond acceptors (Lipinski definition) is 9. The minimum atomic E-state index is -0.886. The van der Waals surface area contributed by atoms with Crippen molar-refractivity contribution in [3.8, 4) is 23.0 Å². The Morgan fingerprint density at radius 1 is 0.857 bits per heavy atom. The van der Waals surface area contributed by atoms with E-state index in [1.54, 1.807) is 36.5 Å². The SMILES string of the molecule is COC(=O)C1=CN(Cc2ccc(OC)c(OC)c2)C=C(C(=O)OC)C1c1cc(Cl)c(O)c(OC)c1. The zero-order valence-electron chi connectivity index (χ0n) is 20.0. The van der Waals surface area contributed by atoms with Gasteiger partial charge in [0.05, 0.1) is 57.6 Å². The average Bonchev–Trinajstić information content (AvgIpc) is 2.88. The number of phenols is 1. The number of ether oxygens (including phenoxy) is 5. The first-order valence-electron chi connectivity index (χ1n) is 10.4. The molecule has 0 unspecified atom stereocenters. The summed E-state index contributed by atoms with van der Waals surface area (Å²) in [5.74, 6) is -1.23. The molecule has 0 aliphatic carbocycles. The number of aromatic hydroxyl groups is 1. The van der Waals surface area contributed by atoms with Crippen LogP contribution in [0.5, 0.6) is 23.0 Å². The molecule has 2 aromatic rings. The Kier molecular flexibility index (Phi) is 8.14. The molecule has 0 saturated heterocycles. The van der Waals surface area contributed by atoms with Gasteiger partial charge in [0.25, 0.3) is 0 Å². The van der Waals surface area contributed by atoms with E-state index in [0.29, 0.717) is 23.6 Å². The van der Waals surface area contributed by atoms with Gasteiger partial charge in [-0.05, 0) is 35.4 Å². The van der Waals surface area contributed by atoms with E-state index in [2.05, 4.69) is 0 Å². The number of carbonyl (C=O) groups is 2. The number of carbonyl (C=O) groups excluding carboxylic acids is 2. The van der Waals surface area contributed by atoms with Crippen molar-refractivity contribution in [2.75, 3.05) is 35.5 Å². The summed E-state index contributed by atoms with van der Waals surface area (Å²) in [6, 6.07) is 8.37. The standard InChI is InChI=1S/C25H26ClNO8/c1-31-19-7-6-14(8-20(19)32-2)11-27-12-16(24(29)34-4)22(17(13-27)25(30)35-5)15-9-18(26)23(28)21(10-15)33-3/h6-10,12-13,22,28H,11H2,1-5H3. The first-order chi connectivity index (χ1) is 16.8. The molecule has 0 amide bonds. The van der Waals surface area contributed by atoms with Gasteiger partial charge in [0.2, 0.25) is 0 Å². The van der Waals surface area contributed by atoms with Gasteiger partial charge >= 0.3 is 11.9 Å². The van der Waals surface area contributed by atoms with Crippen LogP contribution in [0.4, 0.5) is 0 Å². The van der Waals surface area contributed by atoms with Gasteiger partial charge in [-0.1, -0.05) is 17.7 Å². The van der Waals surface area contributed by atoms with Gasteiger partial charge < -0.3 is 33.7 Å². The summed E-state index contributed by atoms with van der Waals surface area (Å²) in [6.07, 6.45) is 3.18. The monoisotopic (exact) mass is 503 g/mol. The van der Waals surface area contributed by atoms with Crippen LogP contribution in [-0.2, 0) is 25.6 Å². The van der Waals surface area contributed by atoms with Crippen LogP contribution in [0.15, 0.2) is 53.9 Å². The minimum Gasteiger partial charge on any atom is -0.503 e. The van der Waals surface area contributed by atoms with Gasteiger partial charge in [-0.3, -0.25) is 0 Å². The average molecular weight is 504 g/mol. The number of methoxy groups -OCH3 is 5. The molecule has 1 aliphatic rings. The lowest BCUT2D eigenvalue weighted by atomic mass is 9.83. The van der Waals surface area contributed by atoms with Crippen molar-refractivity contribution in [2.45, 2.75) is 12.5 Å². The van der Waals surface area contributed by atoms with E-state index in [1.165, 1.54) is 40.6 Å². The molecule has 0 radical (unpaired) electrons. The molecular weight excluding hydrogens is 478 g/mol. The molecule has 0 atom stereocenters. The van der Waals surface area contributed by atoms with Crippen LogP contribution >= 0.6 is 11.6 Å². The zero-order valence-corrected chi connectivity index (χ0v) is 20.7. The normalized spacial score (nSPS) is 13.5. The highest BCUT2D eigenvalue weighted by Crippen LogP contribution is 2.43. The topological polar surface area (TPSA) is 104 Å². The molecule has 1 aliphatic heterocycles. The molecular formula is C25H26ClNO8. The number of phenolic OH excluding ortho intramolecular Hbond substituents is 1. The summed E-state index contributed by atoms with van der Waals surface area (Å²) in [4.78, 5) is 27.4. The van der Waals surface area contributed by atoms with E-state index in [0.717, 1.165) is 5.56 Å². The van der Waals surface area contributed by atoms with E-state index >= 15 is 0 Å². The summed E-state index contributed by atoms with van der Waals surface area (Å²) < 4.78 is 25.9. The molecule has 186 valence electrons. The lowest BCUT2D eigenvalue weighted by Crippen LogP contribution is -2.28. The summed E-state index contributed by atoms with van der Waals surface area (Å²) in [6.45, 7) is 0.299. The van der Waals surface area contributed by atoms with Gasteiger partial charge in [0, 0.05) is 18.9 Å². The Bertz CT molecular complexity index is 1160. The molecule has 10 heteroatoms. The fourth-order valence-electron chi connectivity index (χ4n) is 3.84. The Balaban J connectivity index is 2.12. The first kappa shape index (κ1) is 25.8. The molecule has 35 heavy (non-hydrogen) atoms. The molecule has 0 saturated carbocycles. The maximum atomic E-state index is 12.8. The fraction of sp³-hybridized carbons (Fsp3) is 0.280. The number of esters is 2. The molecule has 3 rings (SSSR count). The van der Waals surface area contributed by atoms with Crippen molar-refractivity contribution in [2.24, 2.45) is 0 Å². The van der Waals surface area contributed by atoms with Crippen LogP contribution in [0.25, 0.3) is 0 Å². The van der Waals surface area contributed by atoms with E-state index in [9.17, 15) is 14.7 Å². The summed E-state index contributed by atoms with van der Waals surface area (Å²) in [7, 11) is 6.95. The van der Waals surface area contributed by atoms with Crippen LogP contribution in [-0.4, -0.2) is 57.5 Å². The van der Waals surface area contributed by atoms with Crippen molar-refractivity contribution in [1.82, 2.24) is 4.90 Å². The summed E-state index contributed by atoms with van der Waals surface area (Å²) >= 11 is 6.19. The van der Waals surface area contributed by atoms with E-state index in [4.69, 9.17) is 35.3 Å². The van der Waals surface area contributed by atoms with Crippen molar-refractivity contribution < 1.29 is 38.4 Å². The number of benzene rings is 2. The van der Waals surface area contributed by atoms with Crippen LogP contribution < -0.4 is 14.2 Å². The zero-order chi connectivity index (χ0) is 25.7. The smallest absolute Gasteiger partial charge is 0.336 e. The number of hydrogen-bond donors (Lipinski definition) is 1. The second kappa shape index (κ2) is 11.1. The van der Waals surface area contributed by atoms with Crippen molar-refractivity contribution >= 4 is 23.5 Å². The molecule has 1 N–H and O–H groups in total. The van der Waals surface area contributed by atoms with Gasteiger partial charge in [-0.25, -0.2) is 9.59 Å². The van der Waals surface area contributed by atoms with Gasteiger partial charge in [-0.15, -0.1) is 0 Å². The third kappa shape index (κ3) is 5.30. The maximum absolute atomic E-state index is 12.8. The molecule has 1 heterocycles. The van der Waals surface area contributed by atoms with Crippen molar-refractivity contribution in [3.63, 3.8) is 0 Å². The third-order valence-electron chi connectivity index (χ3n) is 5.49. The second-order valence-corrected chi connectivity index (χ2v) is 7.91. The number of nitrogens with zero attached hydrogens (tertiary/aromatic N) is 1. The lowest BCUT2D eigenvalue weighted by molar-refractivity contribution is -0.137. The quantitative estimate of drug-likeness (QED) is 0.539. The number of halogens is 1. The van der Waals surface area contributed by atoms with Gasteiger partial charge in [-0.2, -0.15) is 0 Å². The number of rotatable bonds is 8. The van der Waals surface area contributed by atoms with Crippen LogP contribution in [0.1, 0.15) is 17.0 Å². The largest absolute Gasteiger partial charge is 0.503 e. The molecule has 0 fully saturated rings. The first-order valence-corrected chi connectivity index (χ1v) is 10.8. The highest BCUT2D eigenvalue weighted by atomic mass is 35.5. The van der Waals surface area contributed by atoms with Crippen molar-refractivity contribution in [3.05, 3.63) is 70.0 Å². The molecule has 0 spiro atoms. The molecule has 0 aromatic heterocycles. The van der Waals surface area contributed by atoms with E-state index in [1.807, 2.05) is 6.07 Å². The van der Waals surface area contributed by atoms with E-state index in [-0.39, 0.29) is 27.7 Å². The predicted octanol–water partition coefficient (Wildman–Crippen LogP) is 3.78. The second-order valence-electron chi connectivity index (χ2n) is 7.50. The van der Waals surface area contributed by atoms with Crippen molar-refractivity contribution in [1.29, 1.82) is 0 Å². The lowest BCUT2D eigenvalue weighted by Gasteiger charge is -2.30. The van der Waals surface area contributed by atoms with Crippen LogP contribution in [0, 0.1) is 0 Å². The molecule has 9 nitrogen and oxygen atoms in total. The molecule has 0 bridgehead atoms. The minimum absolute atomic E-state index is 0.000499. The van der Waals surface area contributed by atoms with Crippen LogP contribution in [0.3, 0.4) is 0 Å². The third-order valence-corrected chi connectivity index (χ3v) is 5.78. The Labute approximate surface area is 208 Å². The van der Waals surface area contributed by atoms with Gasteiger partial charge in [0.15, 0.2) is 23.0 Å². The maximum Gasteiger partial charge on any atom is 0.336 e. The van der Waals surface area contributed by atoms with Crippen LogP contribution in [0.2, 0.25) is 5.02 Å². The van der Waals surface area contributed by atoms with E-state index < -0.39 is 17.9 Å². The summed E-state index contributed by atoms with van der Waals surface area (Å²) in [5, 5.41) is 10.2. The highest BCUT2D eigenvalue weighted by Gasteiger charge is 2.36. The Morgan fingerprint density at radius 3 is 1.94 bits per heavy atom. The summed E-state index contributed by atoms with van der Waals surface area (Å²) in [5.41, 5.74) is 1.60. The predicted molar refractivity (Wildman–Crippen MR) is 128 cm³/mol.